The molecule has 5 heteroatoms. The number of amides is 1. The van der Waals surface area contributed by atoms with Crippen LogP contribution in [-0.2, 0) is 11.2 Å². The highest BCUT2D eigenvalue weighted by Crippen LogP contribution is 2.19. The van der Waals surface area contributed by atoms with Crippen molar-refractivity contribution in [3.8, 4) is 11.5 Å². The van der Waals surface area contributed by atoms with Crippen LogP contribution < -0.4 is 9.47 Å². The fourth-order valence-corrected chi connectivity index (χ4v) is 3.53. The predicted octanol–water partition coefficient (Wildman–Crippen LogP) is 3.16. The summed E-state index contributed by atoms with van der Waals surface area (Å²) >= 11 is 0. The molecule has 1 aliphatic heterocycles. The first-order valence-electron chi connectivity index (χ1n) is 9.98. The van der Waals surface area contributed by atoms with Crippen molar-refractivity contribution in [3.63, 3.8) is 0 Å². The number of para-hydroxylation sites is 2. The molecule has 1 aliphatic rings. The van der Waals surface area contributed by atoms with E-state index in [4.69, 9.17) is 9.47 Å². The third kappa shape index (κ3) is 5.49. The van der Waals surface area contributed by atoms with E-state index in [9.17, 15) is 4.79 Å². The van der Waals surface area contributed by atoms with E-state index in [0.717, 1.165) is 55.3 Å². The number of aryl methyl sites for hydroxylation is 2. The summed E-state index contributed by atoms with van der Waals surface area (Å²) in [6, 6.07) is 16.0. The Morgan fingerprint density at radius 3 is 2.36 bits per heavy atom. The van der Waals surface area contributed by atoms with Gasteiger partial charge in [0.05, 0.1) is 7.11 Å². The van der Waals surface area contributed by atoms with Gasteiger partial charge in [-0.25, -0.2) is 0 Å². The van der Waals surface area contributed by atoms with E-state index in [0.29, 0.717) is 19.4 Å². The summed E-state index contributed by atoms with van der Waals surface area (Å²) in [7, 11) is 1.67. The highest BCUT2D eigenvalue weighted by molar-refractivity contribution is 5.76. The lowest BCUT2D eigenvalue weighted by Gasteiger charge is -2.34. The van der Waals surface area contributed by atoms with E-state index in [1.807, 2.05) is 47.4 Å². The van der Waals surface area contributed by atoms with Crippen LogP contribution in [0.4, 0.5) is 0 Å². The molecular formula is C23H30N2O3. The summed E-state index contributed by atoms with van der Waals surface area (Å²) in [5.41, 5.74) is 2.25. The van der Waals surface area contributed by atoms with Gasteiger partial charge in [0.2, 0.25) is 5.91 Å². The number of hydrogen-bond donors (Lipinski definition) is 0. The van der Waals surface area contributed by atoms with Crippen LogP contribution in [0.15, 0.2) is 48.5 Å². The number of benzene rings is 2. The van der Waals surface area contributed by atoms with E-state index in [1.54, 1.807) is 7.11 Å². The average molecular weight is 383 g/mol. The summed E-state index contributed by atoms with van der Waals surface area (Å²) in [6.07, 6.45) is 1.24. The minimum atomic E-state index is 0.224. The molecule has 0 aliphatic carbocycles. The number of nitrogens with zero attached hydrogens (tertiary/aromatic N) is 2. The van der Waals surface area contributed by atoms with Gasteiger partial charge in [0.25, 0.3) is 0 Å². The van der Waals surface area contributed by atoms with E-state index >= 15 is 0 Å². The summed E-state index contributed by atoms with van der Waals surface area (Å²) < 4.78 is 11.3. The Hall–Kier alpha value is -2.53. The van der Waals surface area contributed by atoms with Crippen LogP contribution in [0.1, 0.15) is 17.5 Å². The zero-order chi connectivity index (χ0) is 19.8. The van der Waals surface area contributed by atoms with Crippen LogP contribution in [0.5, 0.6) is 11.5 Å². The molecule has 0 atom stereocenters. The second-order valence-corrected chi connectivity index (χ2v) is 7.15. The second-order valence-electron chi connectivity index (χ2n) is 7.15. The average Bonchev–Trinajstić information content (AvgIpc) is 2.74. The standard InChI is InChI=1S/C23H30N2O3/c1-19-7-3-5-9-21(19)28-18-17-24-13-15-25(16-14-24)23(26)12-11-20-8-4-6-10-22(20)27-2/h3-10H,11-18H2,1-2H3. The monoisotopic (exact) mass is 382 g/mol. The molecule has 1 heterocycles. The zero-order valence-electron chi connectivity index (χ0n) is 16.9. The largest absolute Gasteiger partial charge is 0.496 e. The van der Waals surface area contributed by atoms with Gasteiger partial charge in [0.1, 0.15) is 18.1 Å². The van der Waals surface area contributed by atoms with Crippen molar-refractivity contribution in [1.82, 2.24) is 9.80 Å². The SMILES string of the molecule is COc1ccccc1CCC(=O)N1CCN(CCOc2ccccc2C)CC1. The fourth-order valence-electron chi connectivity index (χ4n) is 3.53. The van der Waals surface area contributed by atoms with Gasteiger partial charge < -0.3 is 14.4 Å². The number of carbonyl (C=O) groups excluding carboxylic acids is 1. The molecule has 2 aromatic carbocycles. The number of piperazine rings is 1. The van der Waals surface area contributed by atoms with Crippen molar-refractivity contribution in [2.75, 3.05) is 46.4 Å². The lowest BCUT2D eigenvalue weighted by atomic mass is 10.1. The van der Waals surface area contributed by atoms with E-state index in [2.05, 4.69) is 17.9 Å². The first kappa shape index (κ1) is 20.2. The van der Waals surface area contributed by atoms with Gasteiger partial charge in [-0.3, -0.25) is 9.69 Å². The van der Waals surface area contributed by atoms with Crippen molar-refractivity contribution in [2.24, 2.45) is 0 Å². The molecule has 0 bridgehead atoms. The highest BCUT2D eigenvalue weighted by Gasteiger charge is 2.21. The van der Waals surface area contributed by atoms with Gasteiger partial charge in [0.15, 0.2) is 0 Å². The minimum absolute atomic E-state index is 0.224. The topological polar surface area (TPSA) is 42.0 Å². The molecule has 0 saturated carbocycles. The Bertz CT molecular complexity index is 770. The number of hydrogen-bond acceptors (Lipinski definition) is 4. The Kier molecular flexibility index (Phi) is 7.31. The summed E-state index contributed by atoms with van der Waals surface area (Å²) in [4.78, 5) is 16.9. The molecule has 150 valence electrons. The van der Waals surface area contributed by atoms with Gasteiger partial charge in [-0.15, -0.1) is 0 Å². The molecule has 0 spiro atoms. The van der Waals surface area contributed by atoms with Gasteiger partial charge >= 0.3 is 0 Å². The molecule has 1 amide bonds. The third-order valence-corrected chi connectivity index (χ3v) is 5.28. The van der Waals surface area contributed by atoms with Crippen LogP contribution in [0.2, 0.25) is 0 Å². The number of methoxy groups -OCH3 is 1. The minimum Gasteiger partial charge on any atom is -0.496 e. The lowest BCUT2D eigenvalue weighted by Crippen LogP contribution is -2.49. The quantitative estimate of drug-likeness (QED) is 0.703. The van der Waals surface area contributed by atoms with Crippen molar-refractivity contribution < 1.29 is 14.3 Å². The highest BCUT2D eigenvalue weighted by atomic mass is 16.5. The van der Waals surface area contributed by atoms with Gasteiger partial charge in [-0.05, 0) is 36.6 Å². The lowest BCUT2D eigenvalue weighted by molar-refractivity contribution is -0.132. The van der Waals surface area contributed by atoms with Crippen molar-refractivity contribution >= 4 is 5.91 Å². The van der Waals surface area contributed by atoms with Gasteiger partial charge in [-0.1, -0.05) is 36.4 Å². The first-order chi connectivity index (χ1) is 13.7. The van der Waals surface area contributed by atoms with Crippen LogP contribution in [0, 0.1) is 6.92 Å². The Labute approximate surface area is 167 Å². The number of rotatable bonds is 8. The van der Waals surface area contributed by atoms with Crippen molar-refractivity contribution in [1.29, 1.82) is 0 Å². The Morgan fingerprint density at radius 1 is 0.964 bits per heavy atom. The molecule has 5 nitrogen and oxygen atoms in total. The fraction of sp³-hybridized carbons (Fsp3) is 0.435. The maximum absolute atomic E-state index is 12.6. The Balaban J connectivity index is 1.37. The number of carbonyl (C=O) groups is 1. The molecule has 0 unspecified atom stereocenters. The third-order valence-electron chi connectivity index (χ3n) is 5.28. The Morgan fingerprint density at radius 2 is 1.64 bits per heavy atom. The van der Waals surface area contributed by atoms with Gasteiger partial charge in [0, 0.05) is 39.1 Å². The van der Waals surface area contributed by atoms with Gasteiger partial charge in [-0.2, -0.15) is 0 Å². The van der Waals surface area contributed by atoms with Crippen LogP contribution >= 0.6 is 0 Å². The molecular weight excluding hydrogens is 352 g/mol. The van der Waals surface area contributed by atoms with Crippen LogP contribution in [0.25, 0.3) is 0 Å². The molecule has 1 saturated heterocycles. The predicted molar refractivity (Wildman–Crippen MR) is 111 cm³/mol. The van der Waals surface area contributed by atoms with Crippen molar-refractivity contribution in [2.45, 2.75) is 19.8 Å². The first-order valence-corrected chi connectivity index (χ1v) is 9.98. The van der Waals surface area contributed by atoms with E-state index < -0.39 is 0 Å². The van der Waals surface area contributed by atoms with E-state index in [-0.39, 0.29) is 5.91 Å². The van der Waals surface area contributed by atoms with Crippen LogP contribution in [0.3, 0.4) is 0 Å². The smallest absolute Gasteiger partial charge is 0.222 e. The van der Waals surface area contributed by atoms with E-state index in [1.165, 1.54) is 0 Å². The van der Waals surface area contributed by atoms with Crippen LogP contribution in [-0.4, -0.2) is 62.1 Å². The summed E-state index contributed by atoms with van der Waals surface area (Å²) in [5, 5.41) is 0. The normalized spacial score (nSPS) is 14.7. The molecule has 0 N–H and O–H groups in total. The molecule has 0 aromatic heterocycles. The maximum Gasteiger partial charge on any atom is 0.222 e. The van der Waals surface area contributed by atoms with Crippen molar-refractivity contribution in [3.05, 3.63) is 59.7 Å². The molecule has 2 aromatic rings. The molecule has 3 rings (SSSR count). The molecule has 1 fully saturated rings. The molecule has 28 heavy (non-hydrogen) atoms. The zero-order valence-corrected chi connectivity index (χ0v) is 16.9. The second kappa shape index (κ2) is 10.1. The maximum atomic E-state index is 12.6. The summed E-state index contributed by atoms with van der Waals surface area (Å²) in [6.45, 7) is 6.99. The summed E-state index contributed by atoms with van der Waals surface area (Å²) in [5.74, 6) is 2.03. The number of ether oxygens (including phenoxy) is 2. The molecule has 0 radical (unpaired) electrons.